The highest BCUT2D eigenvalue weighted by molar-refractivity contribution is 5.72. The Kier molecular flexibility index (Phi) is 7.18. The molecular weight excluding hydrogens is 270 g/mol. The van der Waals surface area contributed by atoms with Crippen molar-refractivity contribution in [3.63, 3.8) is 0 Å². The summed E-state index contributed by atoms with van der Waals surface area (Å²) >= 11 is 0. The van der Waals surface area contributed by atoms with Gasteiger partial charge in [0.05, 0.1) is 0 Å². The van der Waals surface area contributed by atoms with Gasteiger partial charge in [0.25, 0.3) is 0 Å². The standard InChI is InChI=1S/C16H21NO4/c1-13(12-18)11-15(20-3)21-16(19)17(2)10-9-14-7-5-4-6-8-14/h4-8,11-12,15H,9-10H2,1-3H3/b13-11-. The third-order valence-electron chi connectivity index (χ3n) is 2.92. The van der Waals surface area contributed by atoms with Gasteiger partial charge in [0, 0.05) is 20.7 Å². The van der Waals surface area contributed by atoms with E-state index in [9.17, 15) is 9.59 Å². The zero-order chi connectivity index (χ0) is 15.7. The number of benzene rings is 1. The van der Waals surface area contributed by atoms with Gasteiger partial charge in [0.1, 0.15) is 6.29 Å². The minimum Gasteiger partial charge on any atom is -0.416 e. The number of methoxy groups -OCH3 is 1. The van der Waals surface area contributed by atoms with E-state index >= 15 is 0 Å². The summed E-state index contributed by atoms with van der Waals surface area (Å²) in [4.78, 5) is 23.9. The van der Waals surface area contributed by atoms with Crippen LogP contribution in [0.1, 0.15) is 12.5 Å². The summed E-state index contributed by atoms with van der Waals surface area (Å²) in [6, 6.07) is 9.89. The molecular formula is C16H21NO4. The molecule has 5 heteroatoms. The zero-order valence-corrected chi connectivity index (χ0v) is 12.6. The molecule has 0 saturated carbocycles. The van der Waals surface area contributed by atoms with Gasteiger partial charge < -0.3 is 14.4 Å². The maximum absolute atomic E-state index is 11.9. The van der Waals surface area contributed by atoms with Gasteiger partial charge in [-0.25, -0.2) is 4.79 Å². The first-order chi connectivity index (χ1) is 10.1. The molecule has 0 aliphatic heterocycles. The van der Waals surface area contributed by atoms with Gasteiger partial charge in [-0.3, -0.25) is 4.79 Å². The van der Waals surface area contributed by atoms with Crippen molar-refractivity contribution in [3.05, 3.63) is 47.5 Å². The third-order valence-corrected chi connectivity index (χ3v) is 2.92. The lowest BCUT2D eigenvalue weighted by Gasteiger charge is -2.20. The number of ether oxygens (including phenoxy) is 2. The largest absolute Gasteiger partial charge is 0.416 e. The second kappa shape index (κ2) is 8.92. The van der Waals surface area contributed by atoms with Crippen LogP contribution in [0.4, 0.5) is 4.79 Å². The molecule has 1 rings (SSSR count). The Morgan fingerprint density at radius 3 is 2.57 bits per heavy atom. The molecule has 1 amide bonds. The Bertz CT molecular complexity index is 484. The van der Waals surface area contributed by atoms with E-state index in [1.165, 1.54) is 18.1 Å². The summed E-state index contributed by atoms with van der Waals surface area (Å²) < 4.78 is 10.2. The van der Waals surface area contributed by atoms with Crippen LogP contribution in [0.25, 0.3) is 0 Å². The molecule has 0 N–H and O–H groups in total. The lowest BCUT2D eigenvalue weighted by Crippen LogP contribution is -2.32. The first-order valence-electron chi connectivity index (χ1n) is 6.69. The van der Waals surface area contributed by atoms with Crippen molar-refractivity contribution in [2.24, 2.45) is 0 Å². The third kappa shape index (κ3) is 6.23. The van der Waals surface area contributed by atoms with Crippen molar-refractivity contribution in [2.75, 3.05) is 20.7 Å². The van der Waals surface area contributed by atoms with Crippen LogP contribution in [0.15, 0.2) is 42.0 Å². The highest BCUT2D eigenvalue weighted by Gasteiger charge is 2.15. The molecule has 0 spiro atoms. The lowest BCUT2D eigenvalue weighted by molar-refractivity contribution is -0.105. The van der Waals surface area contributed by atoms with Crippen molar-refractivity contribution in [2.45, 2.75) is 19.6 Å². The molecule has 0 saturated heterocycles. The maximum Gasteiger partial charge on any atom is 0.412 e. The monoisotopic (exact) mass is 291 g/mol. The van der Waals surface area contributed by atoms with Gasteiger partial charge in [-0.15, -0.1) is 0 Å². The smallest absolute Gasteiger partial charge is 0.412 e. The lowest BCUT2D eigenvalue weighted by atomic mass is 10.1. The molecule has 0 heterocycles. The number of carbonyl (C=O) groups excluding carboxylic acids is 2. The zero-order valence-electron chi connectivity index (χ0n) is 12.6. The SMILES string of the molecule is COC(/C=C(/C)C=O)OC(=O)N(C)CCc1ccccc1. The maximum atomic E-state index is 11.9. The predicted molar refractivity (Wildman–Crippen MR) is 79.9 cm³/mol. The fourth-order valence-corrected chi connectivity index (χ4v) is 1.63. The molecule has 1 unspecified atom stereocenters. The Morgan fingerprint density at radius 2 is 2.00 bits per heavy atom. The molecule has 0 fully saturated rings. The molecule has 0 aliphatic carbocycles. The topological polar surface area (TPSA) is 55.8 Å². The highest BCUT2D eigenvalue weighted by atomic mass is 16.7. The van der Waals surface area contributed by atoms with Crippen molar-refractivity contribution in [1.29, 1.82) is 0 Å². The van der Waals surface area contributed by atoms with Gasteiger partial charge in [-0.05, 0) is 30.6 Å². The molecule has 0 aromatic heterocycles. The molecule has 5 nitrogen and oxygen atoms in total. The van der Waals surface area contributed by atoms with Gasteiger partial charge in [-0.1, -0.05) is 30.3 Å². The molecule has 21 heavy (non-hydrogen) atoms. The molecule has 0 aliphatic rings. The number of allylic oxidation sites excluding steroid dienone is 1. The second-order valence-corrected chi connectivity index (χ2v) is 4.67. The normalized spacial score (nSPS) is 12.6. The molecule has 0 radical (unpaired) electrons. The molecule has 1 aromatic rings. The van der Waals surface area contributed by atoms with E-state index in [0.29, 0.717) is 18.4 Å². The van der Waals surface area contributed by atoms with E-state index in [2.05, 4.69) is 0 Å². The second-order valence-electron chi connectivity index (χ2n) is 4.67. The van der Waals surface area contributed by atoms with E-state index < -0.39 is 12.4 Å². The highest BCUT2D eigenvalue weighted by Crippen LogP contribution is 2.05. The predicted octanol–water partition coefficient (Wildman–Crippen LogP) is 2.42. The first kappa shape index (κ1) is 16.9. The first-order valence-corrected chi connectivity index (χ1v) is 6.69. The van der Waals surface area contributed by atoms with Gasteiger partial charge >= 0.3 is 6.09 Å². The van der Waals surface area contributed by atoms with E-state index in [4.69, 9.17) is 9.47 Å². The van der Waals surface area contributed by atoms with E-state index in [-0.39, 0.29) is 0 Å². The fourth-order valence-electron chi connectivity index (χ4n) is 1.63. The summed E-state index contributed by atoms with van der Waals surface area (Å²) in [5.74, 6) is 0. The van der Waals surface area contributed by atoms with E-state index in [0.717, 1.165) is 12.0 Å². The Hall–Kier alpha value is -2.14. The van der Waals surface area contributed by atoms with Crippen LogP contribution >= 0.6 is 0 Å². The van der Waals surface area contributed by atoms with Crippen LogP contribution < -0.4 is 0 Å². The van der Waals surface area contributed by atoms with Crippen molar-refractivity contribution >= 4 is 12.4 Å². The number of likely N-dealkylation sites (N-methyl/N-ethyl adjacent to an activating group) is 1. The number of hydrogen-bond donors (Lipinski definition) is 0. The van der Waals surface area contributed by atoms with Crippen LogP contribution in [-0.4, -0.2) is 44.3 Å². The molecule has 1 atom stereocenters. The Labute approximate surface area is 125 Å². The van der Waals surface area contributed by atoms with Crippen LogP contribution in [0.3, 0.4) is 0 Å². The van der Waals surface area contributed by atoms with Crippen LogP contribution in [0.2, 0.25) is 0 Å². The average molecular weight is 291 g/mol. The Balaban J connectivity index is 2.48. The van der Waals surface area contributed by atoms with E-state index in [1.807, 2.05) is 30.3 Å². The number of amides is 1. The van der Waals surface area contributed by atoms with Crippen molar-refractivity contribution in [3.8, 4) is 0 Å². The van der Waals surface area contributed by atoms with Gasteiger partial charge in [0.2, 0.25) is 6.29 Å². The summed E-state index contributed by atoms with van der Waals surface area (Å²) in [7, 11) is 3.07. The number of nitrogens with zero attached hydrogens (tertiary/aromatic N) is 1. The minimum absolute atomic E-state index is 0.446. The number of hydrogen-bond acceptors (Lipinski definition) is 4. The molecule has 114 valence electrons. The van der Waals surface area contributed by atoms with Crippen molar-refractivity contribution in [1.82, 2.24) is 4.90 Å². The average Bonchev–Trinajstić information content (AvgIpc) is 2.52. The summed E-state index contributed by atoms with van der Waals surface area (Å²) in [5, 5.41) is 0. The van der Waals surface area contributed by atoms with Crippen LogP contribution in [0, 0.1) is 0 Å². The van der Waals surface area contributed by atoms with Gasteiger partial charge in [0.15, 0.2) is 0 Å². The van der Waals surface area contributed by atoms with Gasteiger partial charge in [-0.2, -0.15) is 0 Å². The quantitative estimate of drug-likeness (QED) is 0.440. The molecule has 0 bridgehead atoms. The number of carbonyl (C=O) groups is 2. The van der Waals surface area contributed by atoms with Crippen LogP contribution in [-0.2, 0) is 20.7 Å². The molecule has 1 aromatic carbocycles. The minimum atomic E-state index is -0.859. The van der Waals surface area contributed by atoms with E-state index in [1.54, 1.807) is 14.0 Å². The van der Waals surface area contributed by atoms with Crippen molar-refractivity contribution < 1.29 is 19.1 Å². The summed E-state index contributed by atoms with van der Waals surface area (Å²) in [5.41, 5.74) is 1.60. The summed E-state index contributed by atoms with van der Waals surface area (Å²) in [6.45, 7) is 2.15. The number of aldehydes is 1. The fraction of sp³-hybridized carbons (Fsp3) is 0.375. The van der Waals surface area contributed by atoms with Crippen LogP contribution in [0.5, 0.6) is 0 Å². The number of rotatable bonds is 7. The Morgan fingerprint density at radius 1 is 1.33 bits per heavy atom. The summed E-state index contributed by atoms with van der Waals surface area (Å²) in [6.07, 6.45) is 1.52.